The monoisotopic (exact) mass is 440 g/mol. The summed E-state index contributed by atoms with van der Waals surface area (Å²) in [5.41, 5.74) is 0. The summed E-state index contributed by atoms with van der Waals surface area (Å²) in [6, 6.07) is 32.3. The molecule has 0 fully saturated rings. The van der Waals surface area contributed by atoms with Gasteiger partial charge in [0.05, 0.1) is 0 Å². The normalized spacial score (nSPS) is 10.3. The highest BCUT2D eigenvalue weighted by atomic mass is 79.9. The number of hydrogen-bond donors (Lipinski definition) is 0. The molecule has 0 saturated heterocycles. The van der Waals surface area contributed by atoms with Crippen molar-refractivity contribution in [1.29, 1.82) is 0 Å². The van der Waals surface area contributed by atoms with Gasteiger partial charge in [-0.25, -0.2) is 0 Å². The molecule has 0 radical (unpaired) electrons. The van der Waals surface area contributed by atoms with Crippen molar-refractivity contribution in [1.82, 2.24) is 0 Å². The first kappa shape index (κ1) is 21.9. The smallest absolute Gasteiger partial charge is 0.00313 e. The molecule has 0 aliphatic rings. The molecule has 0 amide bonds. The van der Waals surface area contributed by atoms with Crippen molar-refractivity contribution < 1.29 is 0 Å². The van der Waals surface area contributed by atoms with E-state index in [1.54, 1.807) is 0 Å². The molecule has 0 atom stereocenters. The number of rotatable bonds is 8. The molecule has 3 rings (SSSR count). The average molecular weight is 441 g/mol. The van der Waals surface area contributed by atoms with E-state index in [0.717, 1.165) is 0 Å². The van der Waals surface area contributed by atoms with Crippen LogP contribution in [0.5, 0.6) is 0 Å². The number of hydrogen-bond acceptors (Lipinski definition) is 0. The summed E-state index contributed by atoms with van der Waals surface area (Å²) in [5.74, 6) is 0. The number of alkyl halides is 1. The highest BCUT2D eigenvalue weighted by Crippen LogP contribution is 2.32. The Morgan fingerprint density at radius 2 is 0.926 bits per heavy atom. The molecule has 0 spiro atoms. The van der Waals surface area contributed by atoms with Crippen LogP contribution in [0.2, 0.25) is 0 Å². The van der Waals surface area contributed by atoms with Gasteiger partial charge in [0.15, 0.2) is 0 Å². The third-order valence-electron chi connectivity index (χ3n) is 4.28. The van der Waals surface area contributed by atoms with Gasteiger partial charge in [0, 0.05) is 5.33 Å². The van der Waals surface area contributed by atoms with Crippen LogP contribution >= 0.6 is 23.9 Å². The highest BCUT2D eigenvalue weighted by Gasteiger charge is 2.14. The van der Waals surface area contributed by atoms with Crippen LogP contribution in [0.25, 0.3) is 0 Å². The van der Waals surface area contributed by atoms with Crippen LogP contribution in [0.3, 0.4) is 0 Å². The van der Waals surface area contributed by atoms with Crippen LogP contribution in [0.1, 0.15) is 39.0 Å². The van der Waals surface area contributed by atoms with E-state index in [4.69, 9.17) is 0 Å². The zero-order chi connectivity index (χ0) is 19.2. The first-order valence-electron chi connectivity index (χ1n) is 9.88. The molecule has 3 aromatic carbocycles. The maximum atomic E-state index is 3.40. The number of benzene rings is 3. The quantitative estimate of drug-likeness (QED) is 0.205. The van der Waals surface area contributed by atoms with Crippen LogP contribution in [0.15, 0.2) is 91.0 Å². The molecule has 142 valence electrons. The fourth-order valence-electron chi connectivity index (χ4n) is 2.88. The van der Waals surface area contributed by atoms with Crippen molar-refractivity contribution in [3.05, 3.63) is 91.0 Å². The van der Waals surface area contributed by atoms with E-state index in [9.17, 15) is 0 Å². The summed E-state index contributed by atoms with van der Waals surface area (Å²) in [7, 11) is -0.446. The number of halogens is 1. The molecule has 3 aromatic rings. The molecular weight excluding hydrogens is 411 g/mol. The van der Waals surface area contributed by atoms with E-state index in [2.05, 4.69) is 114 Å². The highest BCUT2D eigenvalue weighted by molar-refractivity contribution is 9.09. The van der Waals surface area contributed by atoms with E-state index in [-0.39, 0.29) is 0 Å². The summed E-state index contributed by atoms with van der Waals surface area (Å²) in [6.45, 7) is 2.24. The Bertz CT molecular complexity index is 613. The molecule has 0 unspecified atom stereocenters. The van der Waals surface area contributed by atoms with Gasteiger partial charge in [-0.3, -0.25) is 0 Å². The lowest BCUT2D eigenvalue weighted by Crippen LogP contribution is -2.20. The summed E-state index contributed by atoms with van der Waals surface area (Å²) >= 11 is 3.40. The van der Waals surface area contributed by atoms with Gasteiger partial charge in [0.25, 0.3) is 0 Å². The van der Waals surface area contributed by atoms with E-state index < -0.39 is 7.92 Å². The van der Waals surface area contributed by atoms with Gasteiger partial charge in [-0.1, -0.05) is 140 Å². The Labute approximate surface area is 174 Å². The molecule has 0 aliphatic heterocycles. The first-order valence-corrected chi connectivity index (χ1v) is 12.3. The average Bonchev–Trinajstić information content (AvgIpc) is 2.74. The van der Waals surface area contributed by atoms with Crippen molar-refractivity contribution in [3.63, 3.8) is 0 Å². The fourth-order valence-corrected chi connectivity index (χ4v) is 5.58. The maximum Gasteiger partial charge on any atom is 0.00313 e. The van der Waals surface area contributed by atoms with Crippen molar-refractivity contribution in [2.24, 2.45) is 0 Å². The zero-order valence-corrected chi connectivity index (χ0v) is 18.7. The third kappa shape index (κ3) is 7.99. The predicted molar refractivity (Wildman–Crippen MR) is 128 cm³/mol. The Kier molecular flexibility index (Phi) is 11.1. The van der Waals surface area contributed by atoms with Gasteiger partial charge in [-0.05, 0) is 30.3 Å². The number of unbranched alkanes of at least 4 members (excludes halogenated alkanes) is 4. The molecular formula is C25H30BrP. The lowest BCUT2D eigenvalue weighted by molar-refractivity contribution is 0.660. The van der Waals surface area contributed by atoms with Crippen LogP contribution in [-0.4, -0.2) is 5.33 Å². The molecule has 0 heterocycles. The summed E-state index contributed by atoms with van der Waals surface area (Å²) in [5, 5.41) is 5.37. The van der Waals surface area contributed by atoms with Crippen molar-refractivity contribution in [2.45, 2.75) is 39.0 Å². The molecule has 0 aliphatic carbocycles. The second-order valence-corrected chi connectivity index (χ2v) is 9.46. The fraction of sp³-hybridized carbons (Fsp3) is 0.280. The Hall–Kier alpha value is -1.43. The SMILES string of the molecule is CCCCCCCBr.c1ccc(P(c2ccccc2)c2ccccc2)cc1. The van der Waals surface area contributed by atoms with Crippen molar-refractivity contribution in [3.8, 4) is 0 Å². The first-order chi connectivity index (χ1) is 13.4. The Balaban J connectivity index is 0.000000279. The van der Waals surface area contributed by atoms with Gasteiger partial charge >= 0.3 is 0 Å². The van der Waals surface area contributed by atoms with Crippen molar-refractivity contribution >= 4 is 39.8 Å². The van der Waals surface area contributed by atoms with Gasteiger partial charge in [-0.2, -0.15) is 0 Å². The minimum Gasteiger partial charge on any atom is -0.0928 e. The minimum absolute atomic E-state index is 0.446. The molecule has 2 heteroatoms. The van der Waals surface area contributed by atoms with Gasteiger partial charge in [0.2, 0.25) is 0 Å². The van der Waals surface area contributed by atoms with Gasteiger partial charge < -0.3 is 0 Å². The second-order valence-electron chi connectivity index (χ2n) is 6.45. The topological polar surface area (TPSA) is 0 Å². The summed E-state index contributed by atoms with van der Waals surface area (Å²) in [4.78, 5) is 0. The summed E-state index contributed by atoms with van der Waals surface area (Å²) < 4.78 is 0. The van der Waals surface area contributed by atoms with Crippen LogP contribution < -0.4 is 15.9 Å². The minimum atomic E-state index is -0.446. The van der Waals surface area contributed by atoms with Crippen LogP contribution in [-0.2, 0) is 0 Å². The van der Waals surface area contributed by atoms with Crippen LogP contribution in [0.4, 0.5) is 0 Å². The van der Waals surface area contributed by atoms with Crippen LogP contribution in [0, 0.1) is 0 Å². The van der Waals surface area contributed by atoms with E-state index in [0.29, 0.717) is 0 Å². The zero-order valence-electron chi connectivity index (χ0n) is 16.2. The molecule has 0 N–H and O–H groups in total. The molecule has 0 saturated carbocycles. The van der Waals surface area contributed by atoms with Gasteiger partial charge in [0.1, 0.15) is 0 Å². The maximum absolute atomic E-state index is 3.40. The van der Waals surface area contributed by atoms with E-state index >= 15 is 0 Å². The van der Waals surface area contributed by atoms with E-state index in [1.165, 1.54) is 53.3 Å². The molecule has 0 aromatic heterocycles. The van der Waals surface area contributed by atoms with Gasteiger partial charge in [-0.15, -0.1) is 0 Å². The lowest BCUT2D eigenvalue weighted by Gasteiger charge is -2.18. The predicted octanol–water partition coefficient (Wildman–Crippen LogP) is 6.80. The summed E-state index contributed by atoms with van der Waals surface area (Å²) in [6.07, 6.45) is 6.93. The largest absolute Gasteiger partial charge is 0.0928 e. The molecule has 0 bridgehead atoms. The molecule has 0 nitrogen and oxygen atoms in total. The Morgan fingerprint density at radius 1 is 0.556 bits per heavy atom. The third-order valence-corrected chi connectivity index (χ3v) is 7.28. The van der Waals surface area contributed by atoms with E-state index in [1.807, 2.05) is 0 Å². The van der Waals surface area contributed by atoms with Crippen molar-refractivity contribution in [2.75, 3.05) is 5.33 Å². The Morgan fingerprint density at radius 3 is 1.26 bits per heavy atom. The lowest BCUT2D eigenvalue weighted by atomic mass is 10.2. The standard InChI is InChI=1S/C18H15P.C7H15Br/c1-4-10-16(11-5-1)19(17-12-6-2-7-13-17)18-14-8-3-9-15-18;1-2-3-4-5-6-7-8/h1-15H;2-7H2,1H3. The molecule has 27 heavy (non-hydrogen) atoms. The second kappa shape index (κ2) is 13.7.